The number of likely N-dealkylation sites (tertiary alicyclic amines) is 1. The fraction of sp³-hybridized carbons (Fsp3) is 0.393. The van der Waals surface area contributed by atoms with Crippen LogP contribution >= 0.6 is 0 Å². The highest BCUT2D eigenvalue weighted by Gasteiger charge is 2.47. The summed E-state index contributed by atoms with van der Waals surface area (Å²) in [5.74, 6) is -3.22. The minimum absolute atomic E-state index is 0.0312. The van der Waals surface area contributed by atoms with Crippen molar-refractivity contribution in [1.82, 2.24) is 19.6 Å². The van der Waals surface area contributed by atoms with E-state index in [9.17, 15) is 9.59 Å². The summed E-state index contributed by atoms with van der Waals surface area (Å²) in [6, 6.07) is 7.42. The van der Waals surface area contributed by atoms with Crippen molar-refractivity contribution in [2.45, 2.75) is 58.3 Å². The Hall–Kier alpha value is -4.15. The van der Waals surface area contributed by atoms with Gasteiger partial charge in [-0.3, -0.25) is 4.79 Å². The topological polar surface area (TPSA) is 98.3 Å². The second kappa shape index (κ2) is 9.87. The molecule has 1 N–H and O–H groups in total. The number of ether oxygens (including phenoxy) is 2. The number of piperidine rings is 1. The number of carbonyl (C=O) groups excluding carboxylic acids is 2. The van der Waals surface area contributed by atoms with Gasteiger partial charge in [0.2, 0.25) is 0 Å². The van der Waals surface area contributed by atoms with Crippen LogP contribution in [0.1, 0.15) is 48.9 Å². The van der Waals surface area contributed by atoms with Crippen LogP contribution in [0.5, 0.6) is 5.75 Å². The summed E-state index contributed by atoms with van der Waals surface area (Å²) in [5.41, 5.74) is 1.55. The average molecular weight is 541 g/mol. The summed E-state index contributed by atoms with van der Waals surface area (Å²) in [7, 11) is 0. The van der Waals surface area contributed by atoms with Gasteiger partial charge in [0, 0.05) is 36.1 Å². The van der Waals surface area contributed by atoms with E-state index in [2.05, 4.69) is 10.3 Å². The Morgan fingerprint density at radius 2 is 2.03 bits per heavy atom. The molecule has 1 saturated heterocycles. The van der Waals surface area contributed by atoms with E-state index in [1.807, 2.05) is 28.9 Å². The summed E-state index contributed by atoms with van der Waals surface area (Å²) in [5, 5.41) is 2.93. The van der Waals surface area contributed by atoms with Gasteiger partial charge in [-0.15, -0.1) is 0 Å². The van der Waals surface area contributed by atoms with E-state index >= 15 is 8.78 Å². The predicted octanol–water partition coefficient (Wildman–Crippen LogP) is 5.34. The number of pyridine rings is 1. The number of hydrogen-bond acceptors (Lipinski definition) is 6. The largest absolute Gasteiger partial charge is 0.489 e. The lowest BCUT2D eigenvalue weighted by atomic mass is 10.00. The highest BCUT2D eigenvalue weighted by molar-refractivity contribution is 6.07. The van der Waals surface area contributed by atoms with E-state index in [1.165, 1.54) is 0 Å². The van der Waals surface area contributed by atoms with Gasteiger partial charge in [0.1, 0.15) is 34.9 Å². The van der Waals surface area contributed by atoms with Crippen LogP contribution in [0.3, 0.4) is 0 Å². The van der Waals surface area contributed by atoms with Gasteiger partial charge in [-0.25, -0.2) is 18.6 Å². The Bertz CT molecular complexity index is 1540. The molecule has 3 aromatic heterocycles. The van der Waals surface area contributed by atoms with Crippen LogP contribution in [0, 0.1) is 6.92 Å². The van der Waals surface area contributed by atoms with Gasteiger partial charge in [0.05, 0.1) is 18.2 Å². The van der Waals surface area contributed by atoms with E-state index in [4.69, 9.17) is 13.9 Å². The van der Waals surface area contributed by atoms with E-state index in [0.717, 1.165) is 16.1 Å². The number of fused-ring (bicyclic) bond motifs is 2. The van der Waals surface area contributed by atoms with Crippen LogP contribution in [0.4, 0.5) is 13.6 Å². The number of imidazole rings is 1. The molecule has 5 rings (SSSR count). The Morgan fingerprint density at radius 3 is 2.77 bits per heavy atom. The molecule has 0 bridgehead atoms. The predicted molar refractivity (Wildman–Crippen MR) is 139 cm³/mol. The van der Waals surface area contributed by atoms with E-state index in [0.29, 0.717) is 22.5 Å². The number of halogens is 2. The van der Waals surface area contributed by atoms with Crippen molar-refractivity contribution in [2.24, 2.45) is 0 Å². The Kier molecular flexibility index (Phi) is 6.69. The maximum absolute atomic E-state index is 15.0. The first-order valence-corrected chi connectivity index (χ1v) is 12.6. The number of alkyl halides is 2. The minimum atomic E-state index is -3.34. The second-order valence-corrected chi connectivity index (χ2v) is 10.7. The van der Waals surface area contributed by atoms with Gasteiger partial charge in [0.15, 0.2) is 0 Å². The minimum Gasteiger partial charge on any atom is -0.489 e. The zero-order valence-electron chi connectivity index (χ0n) is 22.2. The first kappa shape index (κ1) is 26.5. The highest BCUT2D eigenvalue weighted by Crippen LogP contribution is 2.32. The molecule has 0 saturated carbocycles. The molecule has 1 fully saturated rings. The van der Waals surface area contributed by atoms with Gasteiger partial charge in [-0.05, 0) is 58.4 Å². The molecule has 0 radical (unpaired) electrons. The quantitative estimate of drug-likeness (QED) is 0.367. The standard InChI is InChI=1S/C28H30F2N4O5/c1-17-24(25(35)32-22-9-11-34(16-28(22,29)30)26(36)39-27(2,3)4)20-13-19(6-7-21(20)38-17)37-15-18-5-8-23-31-10-12-33(23)14-18/h5-8,10,12-14,22H,9,11,15-16H2,1-4H3,(H,32,35). The molecule has 2 amide bonds. The molecule has 1 atom stereocenters. The number of benzene rings is 1. The molecule has 0 aliphatic carbocycles. The molecular formula is C28H30F2N4O5. The van der Waals surface area contributed by atoms with Gasteiger partial charge in [-0.1, -0.05) is 6.07 Å². The Labute approximate surface area is 223 Å². The number of rotatable bonds is 5. The van der Waals surface area contributed by atoms with Crippen LogP contribution in [0.15, 0.2) is 53.3 Å². The van der Waals surface area contributed by atoms with Crippen molar-refractivity contribution in [3.63, 3.8) is 0 Å². The second-order valence-electron chi connectivity index (χ2n) is 10.7. The maximum atomic E-state index is 15.0. The van der Waals surface area contributed by atoms with E-state index in [1.54, 1.807) is 52.1 Å². The number of nitrogens with zero attached hydrogens (tertiary/aromatic N) is 3. The summed E-state index contributed by atoms with van der Waals surface area (Å²) in [4.78, 5) is 30.7. The number of furan rings is 1. The molecule has 1 aliphatic heterocycles. The van der Waals surface area contributed by atoms with Crippen molar-refractivity contribution >= 4 is 28.6 Å². The third-order valence-corrected chi connectivity index (χ3v) is 6.47. The van der Waals surface area contributed by atoms with Crippen molar-refractivity contribution in [3.05, 3.63) is 65.8 Å². The van der Waals surface area contributed by atoms with Crippen molar-refractivity contribution in [1.29, 1.82) is 0 Å². The molecule has 39 heavy (non-hydrogen) atoms. The SMILES string of the molecule is Cc1oc2ccc(OCc3ccc4nccn4c3)cc2c1C(=O)NC1CCN(C(=O)OC(C)(C)C)CC1(F)F. The lowest BCUT2D eigenvalue weighted by molar-refractivity contribution is -0.0889. The fourth-order valence-corrected chi connectivity index (χ4v) is 4.62. The lowest BCUT2D eigenvalue weighted by Crippen LogP contribution is -2.59. The zero-order valence-corrected chi connectivity index (χ0v) is 22.2. The van der Waals surface area contributed by atoms with E-state index in [-0.39, 0.29) is 25.1 Å². The van der Waals surface area contributed by atoms with Crippen molar-refractivity contribution < 1.29 is 32.3 Å². The van der Waals surface area contributed by atoms with Crippen LogP contribution in [-0.4, -0.2) is 56.9 Å². The summed E-state index contributed by atoms with van der Waals surface area (Å²) >= 11 is 0. The average Bonchev–Trinajstić information content (AvgIpc) is 3.45. The molecule has 0 spiro atoms. The molecule has 4 aromatic rings. The summed E-state index contributed by atoms with van der Waals surface area (Å²) in [6.45, 7) is 6.09. The normalized spacial score (nSPS) is 17.4. The number of hydrogen-bond donors (Lipinski definition) is 1. The van der Waals surface area contributed by atoms with Crippen LogP contribution in [-0.2, 0) is 11.3 Å². The van der Waals surface area contributed by atoms with Crippen LogP contribution < -0.4 is 10.1 Å². The zero-order chi connectivity index (χ0) is 27.9. The summed E-state index contributed by atoms with van der Waals surface area (Å²) in [6.07, 6.45) is 4.54. The van der Waals surface area contributed by atoms with Crippen LogP contribution in [0.2, 0.25) is 0 Å². The van der Waals surface area contributed by atoms with Gasteiger partial charge in [0.25, 0.3) is 11.8 Å². The molecule has 206 valence electrons. The van der Waals surface area contributed by atoms with Gasteiger partial charge >= 0.3 is 6.09 Å². The Balaban J connectivity index is 1.29. The number of amides is 2. The molecule has 4 heterocycles. The lowest BCUT2D eigenvalue weighted by Gasteiger charge is -2.38. The van der Waals surface area contributed by atoms with Crippen molar-refractivity contribution in [2.75, 3.05) is 13.1 Å². The molecule has 1 aliphatic rings. The number of aryl methyl sites for hydroxylation is 1. The molecular weight excluding hydrogens is 510 g/mol. The first-order valence-electron chi connectivity index (χ1n) is 12.6. The monoisotopic (exact) mass is 540 g/mol. The van der Waals surface area contributed by atoms with Gasteiger partial charge < -0.3 is 28.5 Å². The van der Waals surface area contributed by atoms with E-state index < -0.39 is 36.1 Å². The molecule has 1 aromatic carbocycles. The number of carbonyl (C=O) groups is 2. The third-order valence-electron chi connectivity index (χ3n) is 6.47. The Morgan fingerprint density at radius 1 is 1.23 bits per heavy atom. The highest BCUT2D eigenvalue weighted by atomic mass is 19.3. The number of nitrogens with one attached hydrogen (secondary N) is 1. The first-order chi connectivity index (χ1) is 18.4. The maximum Gasteiger partial charge on any atom is 0.410 e. The molecule has 1 unspecified atom stereocenters. The van der Waals surface area contributed by atoms with Crippen LogP contribution in [0.25, 0.3) is 16.6 Å². The summed E-state index contributed by atoms with van der Waals surface area (Å²) < 4.78 is 48.8. The fourth-order valence-electron chi connectivity index (χ4n) is 4.62. The van der Waals surface area contributed by atoms with Gasteiger partial charge in [-0.2, -0.15) is 0 Å². The van der Waals surface area contributed by atoms with Crippen molar-refractivity contribution in [3.8, 4) is 5.75 Å². The molecule has 11 heteroatoms. The third kappa shape index (κ3) is 5.67. The smallest absolute Gasteiger partial charge is 0.410 e. The number of aromatic nitrogens is 2. The molecule has 9 nitrogen and oxygen atoms in total.